The molecule has 1 unspecified atom stereocenters. The zero-order chi connectivity index (χ0) is 14.1. The Morgan fingerprint density at radius 3 is 2.42 bits per heavy atom. The SMILES string of the molecule is CCCN(CCC)C(=O)CCC(=O)NC1CCNC1. The molecule has 0 aromatic heterocycles. The van der Waals surface area contributed by atoms with Crippen LogP contribution < -0.4 is 10.6 Å². The summed E-state index contributed by atoms with van der Waals surface area (Å²) in [6.45, 7) is 7.52. The minimum Gasteiger partial charge on any atom is -0.352 e. The number of hydrogen-bond acceptors (Lipinski definition) is 3. The first kappa shape index (κ1) is 16.0. The van der Waals surface area contributed by atoms with Gasteiger partial charge >= 0.3 is 0 Å². The Morgan fingerprint density at radius 2 is 1.89 bits per heavy atom. The first-order valence-electron chi connectivity index (χ1n) is 7.45. The number of hydrogen-bond donors (Lipinski definition) is 2. The highest BCUT2D eigenvalue weighted by Crippen LogP contribution is 2.03. The molecular formula is C14H27N3O2. The first-order chi connectivity index (χ1) is 9.17. The number of nitrogens with zero attached hydrogens (tertiary/aromatic N) is 1. The van der Waals surface area contributed by atoms with Gasteiger partial charge in [0.1, 0.15) is 0 Å². The Balaban J connectivity index is 2.24. The summed E-state index contributed by atoms with van der Waals surface area (Å²) in [6, 6.07) is 0.241. The molecule has 1 atom stereocenters. The zero-order valence-electron chi connectivity index (χ0n) is 12.2. The predicted molar refractivity (Wildman–Crippen MR) is 75.8 cm³/mol. The van der Waals surface area contributed by atoms with E-state index in [1.165, 1.54) is 0 Å². The van der Waals surface area contributed by atoms with E-state index in [9.17, 15) is 9.59 Å². The smallest absolute Gasteiger partial charge is 0.223 e. The lowest BCUT2D eigenvalue weighted by atomic mass is 10.2. The van der Waals surface area contributed by atoms with Gasteiger partial charge in [0.25, 0.3) is 0 Å². The fourth-order valence-corrected chi connectivity index (χ4v) is 2.36. The summed E-state index contributed by atoms with van der Waals surface area (Å²) in [5.74, 6) is 0.0957. The highest BCUT2D eigenvalue weighted by atomic mass is 16.2. The fraction of sp³-hybridized carbons (Fsp3) is 0.857. The quantitative estimate of drug-likeness (QED) is 0.688. The summed E-state index contributed by atoms with van der Waals surface area (Å²) in [5.41, 5.74) is 0. The second-order valence-electron chi connectivity index (χ2n) is 5.14. The molecular weight excluding hydrogens is 242 g/mol. The molecule has 19 heavy (non-hydrogen) atoms. The highest BCUT2D eigenvalue weighted by Gasteiger charge is 2.18. The lowest BCUT2D eigenvalue weighted by Gasteiger charge is -2.21. The molecule has 1 fully saturated rings. The lowest BCUT2D eigenvalue weighted by molar-refractivity contribution is -0.133. The van der Waals surface area contributed by atoms with E-state index in [1.807, 2.05) is 4.90 Å². The van der Waals surface area contributed by atoms with Crippen LogP contribution in [0.15, 0.2) is 0 Å². The molecule has 1 aliphatic rings. The van der Waals surface area contributed by atoms with Crippen LogP contribution in [0.3, 0.4) is 0 Å². The monoisotopic (exact) mass is 269 g/mol. The number of nitrogens with one attached hydrogen (secondary N) is 2. The van der Waals surface area contributed by atoms with Gasteiger partial charge in [-0.1, -0.05) is 13.8 Å². The van der Waals surface area contributed by atoms with Crippen LogP contribution in [0.1, 0.15) is 46.0 Å². The fourth-order valence-electron chi connectivity index (χ4n) is 2.36. The van der Waals surface area contributed by atoms with Gasteiger partial charge in [0.2, 0.25) is 11.8 Å². The van der Waals surface area contributed by atoms with Crippen molar-refractivity contribution in [3.8, 4) is 0 Å². The van der Waals surface area contributed by atoms with Crippen molar-refractivity contribution in [1.29, 1.82) is 0 Å². The molecule has 0 aliphatic carbocycles. The Bertz CT molecular complexity index is 282. The second-order valence-corrected chi connectivity index (χ2v) is 5.14. The van der Waals surface area contributed by atoms with Gasteiger partial charge in [0, 0.05) is 38.5 Å². The number of amides is 2. The van der Waals surface area contributed by atoms with E-state index in [4.69, 9.17) is 0 Å². The molecule has 5 heteroatoms. The highest BCUT2D eigenvalue weighted by molar-refractivity contribution is 5.83. The van der Waals surface area contributed by atoms with E-state index in [-0.39, 0.29) is 17.9 Å². The van der Waals surface area contributed by atoms with Crippen LogP contribution in [0.5, 0.6) is 0 Å². The third-order valence-corrected chi connectivity index (χ3v) is 3.33. The minimum atomic E-state index is -0.00463. The van der Waals surface area contributed by atoms with Crippen molar-refractivity contribution in [2.75, 3.05) is 26.2 Å². The summed E-state index contributed by atoms with van der Waals surface area (Å²) in [6.07, 6.45) is 3.54. The Kier molecular flexibility index (Phi) is 7.48. The van der Waals surface area contributed by atoms with Crippen molar-refractivity contribution in [2.45, 2.75) is 52.0 Å². The Morgan fingerprint density at radius 1 is 1.21 bits per heavy atom. The summed E-state index contributed by atoms with van der Waals surface area (Å²) in [4.78, 5) is 25.6. The van der Waals surface area contributed by atoms with E-state index in [2.05, 4.69) is 24.5 Å². The van der Waals surface area contributed by atoms with Gasteiger partial charge in [-0.3, -0.25) is 9.59 Å². The first-order valence-corrected chi connectivity index (χ1v) is 7.45. The second kappa shape index (κ2) is 8.91. The molecule has 1 heterocycles. The van der Waals surface area contributed by atoms with E-state index in [0.717, 1.165) is 45.4 Å². The standard InChI is InChI=1S/C14H27N3O2/c1-3-9-17(10-4-2)14(19)6-5-13(18)16-12-7-8-15-11-12/h12,15H,3-11H2,1-2H3,(H,16,18). The average Bonchev–Trinajstić information content (AvgIpc) is 2.88. The molecule has 2 N–H and O–H groups in total. The molecule has 0 aromatic rings. The van der Waals surface area contributed by atoms with Crippen LogP contribution in [0.4, 0.5) is 0 Å². The van der Waals surface area contributed by atoms with Crippen molar-refractivity contribution in [1.82, 2.24) is 15.5 Å². The molecule has 0 spiro atoms. The van der Waals surface area contributed by atoms with Crippen molar-refractivity contribution in [3.63, 3.8) is 0 Å². The van der Waals surface area contributed by atoms with Gasteiger partial charge in [-0.05, 0) is 25.8 Å². The third-order valence-electron chi connectivity index (χ3n) is 3.33. The molecule has 1 rings (SSSR count). The number of rotatable bonds is 8. The van der Waals surface area contributed by atoms with E-state index < -0.39 is 0 Å². The summed E-state index contributed by atoms with van der Waals surface area (Å²) in [5, 5.41) is 6.17. The Hall–Kier alpha value is -1.10. The van der Waals surface area contributed by atoms with E-state index in [1.54, 1.807) is 0 Å². The molecule has 1 saturated heterocycles. The minimum absolute atomic E-state index is 0.00463. The summed E-state index contributed by atoms with van der Waals surface area (Å²) >= 11 is 0. The van der Waals surface area contributed by atoms with Gasteiger partial charge in [0.05, 0.1) is 0 Å². The molecule has 0 saturated carbocycles. The van der Waals surface area contributed by atoms with Crippen LogP contribution in [0.25, 0.3) is 0 Å². The van der Waals surface area contributed by atoms with Crippen molar-refractivity contribution in [3.05, 3.63) is 0 Å². The predicted octanol–water partition coefficient (Wildman–Crippen LogP) is 0.893. The van der Waals surface area contributed by atoms with Crippen LogP contribution >= 0.6 is 0 Å². The summed E-state index contributed by atoms with van der Waals surface area (Å²) < 4.78 is 0. The van der Waals surface area contributed by atoms with E-state index in [0.29, 0.717) is 12.8 Å². The van der Waals surface area contributed by atoms with Crippen LogP contribution in [-0.2, 0) is 9.59 Å². The molecule has 5 nitrogen and oxygen atoms in total. The molecule has 2 amide bonds. The van der Waals surface area contributed by atoms with Gasteiger partial charge in [-0.25, -0.2) is 0 Å². The van der Waals surface area contributed by atoms with Crippen molar-refractivity contribution < 1.29 is 9.59 Å². The Labute approximate surface area is 116 Å². The van der Waals surface area contributed by atoms with Crippen molar-refractivity contribution in [2.24, 2.45) is 0 Å². The molecule has 1 aliphatic heterocycles. The normalized spacial score (nSPS) is 18.3. The molecule has 0 radical (unpaired) electrons. The van der Waals surface area contributed by atoms with Gasteiger partial charge in [-0.2, -0.15) is 0 Å². The summed E-state index contributed by atoms with van der Waals surface area (Å²) in [7, 11) is 0. The van der Waals surface area contributed by atoms with Crippen molar-refractivity contribution >= 4 is 11.8 Å². The zero-order valence-corrected chi connectivity index (χ0v) is 12.2. The topological polar surface area (TPSA) is 61.4 Å². The van der Waals surface area contributed by atoms with Gasteiger partial charge in [-0.15, -0.1) is 0 Å². The number of carbonyl (C=O) groups excluding carboxylic acids is 2. The molecule has 110 valence electrons. The maximum atomic E-state index is 12.0. The lowest BCUT2D eigenvalue weighted by Crippen LogP contribution is -2.37. The van der Waals surface area contributed by atoms with Gasteiger partial charge in [0.15, 0.2) is 0 Å². The van der Waals surface area contributed by atoms with Crippen LogP contribution in [0.2, 0.25) is 0 Å². The molecule has 0 bridgehead atoms. The van der Waals surface area contributed by atoms with Crippen LogP contribution in [-0.4, -0.2) is 48.9 Å². The molecule has 0 aromatic carbocycles. The largest absolute Gasteiger partial charge is 0.352 e. The number of carbonyl (C=O) groups is 2. The average molecular weight is 269 g/mol. The maximum absolute atomic E-state index is 12.0. The van der Waals surface area contributed by atoms with Gasteiger partial charge < -0.3 is 15.5 Å². The van der Waals surface area contributed by atoms with E-state index >= 15 is 0 Å². The maximum Gasteiger partial charge on any atom is 0.223 e. The third kappa shape index (κ3) is 6.05. The van der Waals surface area contributed by atoms with Crippen LogP contribution in [0, 0.1) is 0 Å².